The van der Waals surface area contributed by atoms with E-state index in [0.29, 0.717) is 12.6 Å². The number of hydrogen-bond donors (Lipinski definition) is 2. The van der Waals surface area contributed by atoms with Gasteiger partial charge >= 0.3 is 0 Å². The van der Waals surface area contributed by atoms with E-state index < -0.39 is 0 Å². The van der Waals surface area contributed by atoms with Crippen LogP contribution in [-0.4, -0.2) is 24.6 Å². The van der Waals surface area contributed by atoms with Gasteiger partial charge < -0.3 is 15.4 Å². The summed E-state index contributed by atoms with van der Waals surface area (Å²) < 4.78 is 5.57. The molecule has 2 N–H and O–H groups in total. The smallest absolute Gasteiger partial charge is 0.238 e. The first kappa shape index (κ1) is 14.5. The average Bonchev–Trinajstić information content (AvgIpc) is 2.26. The third kappa shape index (κ3) is 5.68. The first-order valence-corrected chi connectivity index (χ1v) is 6.27. The van der Waals surface area contributed by atoms with Crippen LogP contribution in [0.3, 0.4) is 0 Å². The summed E-state index contributed by atoms with van der Waals surface area (Å²) in [5, 5.41) is 5.90. The molecule has 1 aromatic rings. The summed E-state index contributed by atoms with van der Waals surface area (Å²) in [6, 6.07) is 7.71. The van der Waals surface area contributed by atoms with Crippen molar-refractivity contribution in [1.82, 2.24) is 5.32 Å². The molecule has 0 saturated carbocycles. The van der Waals surface area contributed by atoms with Crippen molar-refractivity contribution in [2.45, 2.75) is 39.8 Å². The van der Waals surface area contributed by atoms with Crippen LogP contribution in [0.4, 0.5) is 5.69 Å². The molecule has 0 unspecified atom stereocenters. The van der Waals surface area contributed by atoms with Crippen molar-refractivity contribution in [3.63, 3.8) is 0 Å². The fourth-order valence-corrected chi connectivity index (χ4v) is 1.42. The third-order valence-electron chi connectivity index (χ3n) is 2.16. The number of benzene rings is 1. The van der Waals surface area contributed by atoms with Crippen LogP contribution in [0.1, 0.15) is 27.7 Å². The fourth-order valence-electron chi connectivity index (χ4n) is 1.42. The van der Waals surface area contributed by atoms with Gasteiger partial charge in [-0.25, -0.2) is 0 Å². The molecule has 1 aromatic carbocycles. The second-order valence-electron chi connectivity index (χ2n) is 4.78. The van der Waals surface area contributed by atoms with Crippen LogP contribution in [0.2, 0.25) is 0 Å². The average molecular weight is 250 g/mol. The van der Waals surface area contributed by atoms with E-state index in [1.807, 2.05) is 52.0 Å². The van der Waals surface area contributed by atoms with Crippen molar-refractivity contribution in [3.05, 3.63) is 24.3 Å². The Balaban J connectivity index is 2.53. The van der Waals surface area contributed by atoms with E-state index in [0.717, 1.165) is 11.4 Å². The van der Waals surface area contributed by atoms with Gasteiger partial charge in [-0.2, -0.15) is 0 Å². The minimum absolute atomic E-state index is 0.0506. The minimum atomic E-state index is -0.0506. The monoisotopic (exact) mass is 250 g/mol. The molecular formula is C14H22N2O2. The molecule has 0 aromatic heterocycles. The van der Waals surface area contributed by atoms with Crippen molar-refractivity contribution in [2.75, 3.05) is 11.9 Å². The molecular weight excluding hydrogens is 228 g/mol. The summed E-state index contributed by atoms with van der Waals surface area (Å²) in [5.74, 6) is 0.713. The van der Waals surface area contributed by atoms with Crippen LogP contribution in [0.15, 0.2) is 24.3 Å². The number of hydrogen-bond acceptors (Lipinski definition) is 3. The van der Waals surface area contributed by atoms with Gasteiger partial charge in [0.2, 0.25) is 5.91 Å². The Labute approximate surface area is 109 Å². The zero-order chi connectivity index (χ0) is 13.5. The van der Waals surface area contributed by atoms with Gasteiger partial charge in [0.05, 0.1) is 12.6 Å². The summed E-state index contributed by atoms with van der Waals surface area (Å²) in [4.78, 5) is 11.6. The van der Waals surface area contributed by atoms with Gasteiger partial charge in [-0.05, 0) is 26.0 Å². The molecule has 0 aliphatic rings. The van der Waals surface area contributed by atoms with Gasteiger partial charge in [0, 0.05) is 17.8 Å². The lowest BCUT2D eigenvalue weighted by atomic mass is 10.3. The molecule has 0 radical (unpaired) electrons. The molecule has 0 heterocycles. The van der Waals surface area contributed by atoms with Gasteiger partial charge in [0.25, 0.3) is 0 Å². The third-order valence-corrected chi connectivity index (χ3v) is 2.16. The maximum atomic E-state index is 11.6. The lowest BCUT2D eigenvalue weighted by Gasteiger charge is -2.12. The zero-order valence-corrected chi connectivity index (χ0v) is 11.5. The largest absolute Gasteiger partial charge is 0.491 e. The highest BCUT2D eigenvalue weighted by atomic mass is 16.5. The molecule has 0 aliphatic carbocycles. The predicted molar refractivity (Wildman–Crippen MR) is 74.0 cm³/mol. The second kappa shape index (κ2) is 7.01. The maximum absolute atomic E-state index is 11.6. The van der Waals surface area contributed by atoms with E-state index in [1.54, 1.807) is 0 Å². The van der Waals surface area contributed by atoms with Crippen LogP contribution < -0.4 is 15.4 Å². The van der Waals surface area contributed by atoms with E-state index in [4.69, 9.17) is 4.74 Å². The highest BCUT2D eigenvalue weighted by Crippen LogP contribution is 2.18. The topological polar surface area (TPSA) is 50.4 Å². The zero-order valence-electron chi connectivity index (χ0n) is 11.5. The Hall–Kier alpha value is -1.55. The van der Waals surface area contributed by atoms with Gasteiger partial charge in [0.15, 0.2) is 0 Å². The van der Waals surface area contributed by atoms with E-state index in [2.05, 4.69) is 10.6 Å². The lowest BCUT2D eigenvalue weighted by molar-refractivity contribution is -0.115. The Morgan fingerprint density at radius 3 is 2.61 bits per heavy atom. The van der Waals surface area contributed by atoms with Crippen molar-refractivity contribution >= 4 is 11.6 Å². The predicted octanol–water partition coefficient (Wildman–Crippen LogP) is 2.41. The summed E-state index contributed by atoms with van der Waals surface area (Å²) in [5.41, 5.74) is 0.753. The maximum Gasteiger partial charge on any atom is 0.238 e. The summed E-state index contributed by atoms with van der Waals surface area (Å²) in [6.45, 7) is 8.26. The molecule has 18 heavy (non-hydrogen) atoms. The highest BCUT2D eigenvalue weighted by Gasteiger charge is 2.04. The normalized spacial score (nSPS) is 10.8. The van der Waals surface area contributed by atoms with Crippen LogP contribution in [0.25, 0.3) is 0 Å². The Kier molecular flexibility index (Phi) is 5.65. The molecule has 0 bridgehead atoms. The first-order chi connectivity index (χ1) is 8.47. The quantitative estimate of drug-likeness (QED) is 0.815. The number of rotatable bonds is 6. The highest BCUT2D eigenvalue weighted by molar-refractivity contribution is 5.92. The minimum Gasteiger partial charge on any atom is -0.491 e. The van der Waals surface area contributed by atoms with Crippen LogP contribution in [0, 0.1) is 0 Å². The molecule has 4 heteroatoms. The first-order valence-electron chi connectivity index (χ1n) is 6.27. The molecule has 0 fully saturated rings. The van der Waals surface area contributed by atoms with Gasteiger partial charge in [-0.3, -0.25) is 4.79 Å². The second-order valence-corrected chi connectivity index (χ2v) is 4.78. The molecule has 100 valence electrons. The van der Waals surface area contributed by atoms with Gasteiger partial charge in [0.1, 0.15) is 5.75 Å². The molecule has 1 rings (SSSR count). The van der Waals surface area contributed by atoms with E-state index in [9.17, 15) is 4.79 Å². The number of amides is 1. The van der Waals surface area contributed by atoms with Crippen molar-refractivity contribution in [3.8, 4) is 5.75 Å². The molecule has 0 spiro atoms. The van der Waals surface area contributed by atoms with Gasteiger partial charge in [-0.15, -0.1) is 0 Å². The number of carbonyl (C=O) groups is 1. The summed E-state index contributed by atoms with van der Waals surface area (Å²) in [7, 11) is 0. The standard InChI is InChI=1S/C14H22N2O2/c1-10(2)15-9-14(17)16-12-6-5-7-13(8-12)18-11(3)4/h5-8,10-11,15H,9H2,1-4H3,(H,16,17). The molecule has 1 amide bonds. The Morgan fingerprint density at radius 1 is 1.28 bits per heavy atom. The van der Waals surface area contributed by atoms with Crippen molar-refractivity contribution in [1.29, 1.82) is 0 Å². The number of ether oxygens (including phenoxy) is 1. The van der Waals surface area contributed by atoms with Gasteiger partial charge in [-0.1, -0.05) is 19.9 Å². The Bertz CT molecular complexity index is 389. The van der Waals surface area contributed by atoms with Crippen LogP contribution >= 0.6 is 0 Å². The molecule has 0 aliphatic heterocycles. The summed E-state index contributed by atoms with van der Waals surface area (Å²) in [6.07, 6.45) is 0.124. The van der Waals surface area contributed by atoms with E-state index >= 15 is 0 Å². The SMILES string of the molecule is CC(C)NCC(=O)Nc1cccc(OC(C)C)c1. The summed E-state index contributed by atoms with van der Waals surface area (Å²) >= 11 is 0. The Morgan fingerprint density at radius 2 is 2.00 bits per heavy atom. The molecule has 0 atom stereocenters. The van der Waals surface area contributed by atoms with E-state index in [-0.39, 0.29) is 12.0 Å². The van der Waals surface area contributed by atoms with Crippen LogP contribution in [-0.2, 0) is 4.79 Å². The van der Waals surface area contributed by atoms with E-state index in [1.165, 1.54) is 0 Å². The lowest BCUT2D eigenvalue weighted by Crippen LogP contribution is -2.32. The number of carbonyl (C=O) groups excluding carboxylic acids is 1. The van der Waals surface area contributed by atoms with Crippen molar-refractivity contribution < 1.29 is 9.53 Å². The number of nitrogens with one attached hydrogen (secondary N) is 2. The van der Waals surface area contributed by atoms with Crippen molar-refractivity contribution in [2.24, 2.45) is 0 Å². The number of anilines is 1. The fraction of sp³-hybridized carbons (Fsp3) is 0.500. The van der Waals surface area contributed by atoms with Crippen LogP contribution in [0.5, 0.6) is 5.75 Å². The molecule has 4 nitrogen and oxygen atoms in total. The molecule has 0 saturated heterocycles.